The fraction of sp³-hybridized carbons (Fsp3) is 0.346. The van der Waals surface area contributed by atoms with Gasteiger partial charge in [-0.3, -0.25) is 4.79 Å². The Bertz CT molecular complexity index is 1270. The summed E-state index contributed by atoms with van der Waals surface area (Å²) in [5, 5.41) is 14.1. The van der Waals surface area contributed by atoms with Gasteiger partial charge in [0.1, 0.15) is 6.07 Å². The first kappa shape index (κ1) is 27.2. The highest BCUT2D eigenvalue weighted by Gasteiger charge is 2.43. The molecule has 0 bridgehead atoms. The lowest BCUT2D eigenvalue weighted by molar-refractivity contribution is -0.170. The Balaban J connectivity index is 1.96. The Morgan fingerprint density at radius 1 is 1.14 bits per heavy atom. The second-order valence-corrected chi connectivity index (χ2v) is 9.33. The summed E-state index contributed by atoms with van der Waals surface area (Å²) in [6, 6.07) is 14.9. The van der Waals surface area contributed by atoms with Crippen molar-refractivity contribution in [3.63, 3.8) is 0 Å². The van der Waals surface area contributed by atoms with Crippen molar-refractivity contribution in [3.05, 3.63) is 76.1 Å². The van der Waals surface area contributed by atoms with Crippen LogP contribution < -0.4 is 4.90 Å². The van der Waals surface area contributed by atoms with Crippen LogP contribution in [0, 0.1) is 31.1 Å². The lowest BCUT2D eigenvalue weighted by atomic mass is 9.96. The molecule has 6 nitrogen and oxygen atoms in total. The fourth-order valence-corrected chi connectivity index (χ4v) is 4.48. The molecule has 10 heteroatoms. The van der Waals surface area contributed by atoms with E-state index in [0.717, 1.165) is 21.9 Å². The molecule has 3 rings (SSSR count). The average Bonchev–Trinajstić information content (AvgIpc) is 3.09. The molecular weight excluding hydrogens is 491 g/mol. The third-order valence-corrected chi connectivity index (χ3v) is 6.18. The molecule has 3 aromatic rings. The van der Waals surface area contributed by atoms with Crippen LogP contribution >= 0.6 is 11.6 Å². The Kier molecular flexibility index (Phi) is 8.43. The van der Waals surface area contributed by atoms with E-state index >= 15 is 0 Å². The summed E-state index contributed by atoms with van der Waals surface area (Å²) in [5.74, 6) is -2.21. The van der Waals surface area contributed by atoms with Crippen LogP contribution in [-0.2, 0) is 11.2 Å². The van der Waals surface area contributed by atoms with Crippen LogP contribution in [-0.4, -0.2) is 53.9 Å². The van der Waals surface area contributed by atoms with E-state index in [1.807, 2.05) is 38.9 Å². The first-order valence-electron chi connectivity index (χ1n) is 11.3. The van der Waals surface area contributed by atoms with E-state index in [2.05, 4.69) is 5.10 Å². The standard InChI is InChI=1S/C26H27ClF3N5O/c1-17-23(18(2)35(32-17)22-11-10-20(14-31)24(27)13-22)12-19(15-33(3)4)16-34(25(36)26(28,29)30)21-8-6-5-7-9-21/h5-11,13,19H,12,15-16H2,1-4H3. The molecule has 0 N–H and O–H groups in total. The van der Waals surface area contributed by atoms with Gasteiger partial charge in [-0.2, -0.15) is 23.5 Å². The van der Waals surface area contributed by atoms with Gasteiger partial charge < -0.3 is 9.80 Å². The number of alkyl halides is 3. The topological polar surface area (TPSA) is 65.2 Å². The molecule has 1 amide bonds. The number of nitriles is 1. The van der Waals surface area contributed by atoms with Crippen molar-refractivity contribution in [2.45, 2.75) is 26.4 Å². The molecule has 1 aromatic heterocycles. The number of hydrogen-bond donors (Lipinski definition) is 0. The molecule has 0 aliphatic carbocycles. The minimum Gasteiger partial charge on any atom is -0.309 e. The number of anilines is 1. The lowest BCUT2D eigenvalue weighted by Crippen LogP contribution is -2.45. The fourth-order valence-electron chi connectivity index (χ4n) is 4.26. The van der Waals surface area contributed by atoms with E-state index in [1.165, 1.54) is 12.1 Å². The Morgan fingerprint density at radius 3 is 2.36 bits per heavy atom. The van der Waals surface area contributed by atoms with Crippen LogP contribution in [0.1, 0.15) is 22.5 Å². The Hall–Kier alpha value is -3.35. The number of aromatic nitrogens is 2. The van der Waals surface area contributed by atoms with Gasteiger partial charge in [-0.15, -0.1) is 0 Å². The molecule has 1 heterocycles. The number of nitrogens with zero attached hydrogens (tertiary/aromatic N) is 5. The van der Waals surface area contributed by atoms with Gasteiger partial charge in [-0.25, -0.2) is 4.68 Å². The molecule has 1 atom stereocenters. The van der Waals surface area contributed by atoms with Gasteiger partial charge in [0.25, 0.3) is 0 Å². The number of carbonyl (C=O) groups is 1. The number of benzene rings is 2. The van der Waals surface area contributed by atoms with Crippen molar-refractivity contribution in [1.29, 1.82) is 5.26 Å². The van der Waals surface area contributed by atoms with Gasteiger partial charge in [0.2, 0.25) is 0 Å². The van der Waals surface area contributed by atoms with Crippen LogP contribution in [0.3, 0.4) is 0 Å². The van der Waals surface area contributed by atoms with E-state index in [9.17, 15) is 18.0 Å². The van der Waals surface area contributed by atoms with Gasteiger partial charge in [0, 0.05) is 24.5 Å². The number of amides is 1. The number of halogens is 4. The van der Waals surface area contributed by atoms with Gasteiger partial charge in [0.15, 0.2) is 0 Å². The van der Waals surface area contributed by atoms with Gasteiger partial charge >= 0.3 is 12.1 Å². The summed E-state index contributed by atoms with van der Waals surface area (Å²) in [6.45, 7) is 4.06. The van der Waals surface area contributed by atoms with Crippen LogP contribution in [0.15, 0.2) is 48.5 Å². The van der Waals surface area contributed by atoms with Crippen LogP contribution in [0.4, 0.5) is 18.9 Å². The first-order valence-corrected chi connectivity index (χ1v) is 11.6. The maximum absolute atomic E-state index is 13.5. The molecule has 0 spiro atoms. The number of aryl methyl sites for hydroxylation is 1. The number of rotatable bonds is 8. The molecular formula is C26H27ClF3N5O. The second-order valence-electron chi connectivity index (χ2n) is 8.92. The largest absolute Gasteiger partial charge is 0.471 e. The van der Waals surface area contributed by atoms with Crippen LogP contribution in [0.25, 0.3) is 5.69 Å². The molecule has 2 aromatic carbocycles. The normalized spacial score (nSPS) is 12.4. The highest BCUT2D eigenvalue weighted by Crippen LogP contribution is 2.28. The summed E-state index contributed by atoms with van der Waals surface area (Å²) in [6.07, 6.45) is -4.58. The molecule has 0 radical (unpaired) electrons. The number of hydrogen-bond acceptors (Lipinski definition) is 4. The van der Waals surface area contributed by atoms with E-state index in [0.29, 0.717) is 29.2 Å². The molecule has 1 unspecified atom stereocenters. The SMILES string of the molecule is Cc1nn(-c2ccc(C#N)c(Cl)c2)c(C)c1CC(CN(C)C)CN(C(=O)C(F)(F)F)c1ccccc1. The summed E-state index contributed by atoms with van der Waals surface area (Å²) in [7, 11) is 3.68. The summed E-state index contributed by atoms with van der Waals surface area (Å²) in [5.41, 5.74) is 3.64. The average molecular weight is 518 g/mol. The molecule has 190 valence electrons. The zero-order valence-corrected chi connectivity index (χ0v) is 21.2. The molecule has 0 saturated carbocycles. The highest BCUT2D eigenvalue weighted by molar-refractivity contribution is 6.31. The Labute approximate surface area is 213 Å². The quantitative estimate of drug-likeness (QED) is 0.405. The molecule has 36 heavy (non-hydrogen) atoms. The van der Waals surface area contributed by atoms with Crippen molar-refractivity contribution >= 4 is 23.2 Å². The van der Waals surface area contributed by atoms with E-state index < -0.39 is 12.1 Å². The first-order chi connectivity index (χ1) is 16.9. The highest BCUT2D eigenvalue weighted by atomic mass is 35.5. The van der Waals surface area contributed by atoms with Crippen LogP contribution in [0.2, 0.25) is 5.02 Å². The zero-order chi connectivity index (χ0) is 26.6. The van der Waals surface area contributed by atoms with Gasteiger partial charge in [0.05, 0.1) is 22.0 Å². The lowest BCUT2D eigenvalue weighted by Gasteiger charge is -2.30. The van der Waals surface area contributed by atoms with Crippen molar-refractivity contribution < 1.29 is 18.0 Å². The predicted molar refractivity (Wildman–Crippen MR) is 133 cm³/mol. The Morgan fingerprint density at radius 2 is 1.81 bits per heavy atom. The van der Waals surface area contributed by atoms with Crippen molar-refractivity contribution in [2.24, 2.45) is 5.92 Å². The van der Waals surface area contributed by atoms with E-state index in [-0.39, 0.29) is 18.2 Å². The molecule has 0 fully saturated rings. The maximum atomic E-state index is 13.5. The third-order valence-electron chi connectivity index (χ3n) is 5.87. The van der Waals surface area contributed by atoms with Gasteiger partial charge in [-0.05, 0) is 76.2 Å². The second kappa shape index (κ2) is 11.1. The predicted octanol–water partition coefficient (Wildman–Crippen LogP) is 5.33. The maximum Gasteiger partial charge on any atom is 0.471 e. The third kappa shape index (κ3) is 6.25. The van der Waals surface area contributed by atoms with Crippen molar-refractivity contribution in [3.8, 4) is 11.8 Å². The minimum atomic E-state index is -5.00. The smallest absolute Gasteiger partial charge is 0.309 e. The van der Waals surface area contributed by atoms with E-state index in [1.54, 1.807) is 41.1 Å². The summed E-state index contributed by atoms with van der Waals surface area (Å²) < 4.78 is 42.2. The summed E-state index contributed by atoms with van der Waals surface area (Å²) in [4.78, 5) is 15.1. The van der Waals surface area contributed by atoms with Gasteiger partial charge in [-0.1, -0.05) is 29.8 Å². The zero-order valence-electron chi connectivity index (χ0n) is 20.5. The number of carbonyl (C=O) groups excluding carboxylic acids is 1. The molecule has 0 saturated heterocycles. The van der Waals surface area contributed by atoms with Crippen molar-refractivity contribution in [1.82, 2.24) is 14.7 Å². The summed E-state index contributed by atoms with van der Waals surface area (Å²) >= 11 is 6.20. The van der Waals surface area contributed by atoms with Crippen LogP contribution in [0.5, 0.6) is 0 Å². The molecule has 0 aliphatic heterocycles. The molecule has 0 aliphatic rings. The minimum absolute atomic E-state index is 0.118. The number of para-hydroxylation sites is 1. The monoisotopic (exact) mass is 517 g/mol. The van der Waals surface area contributed by atoms with Crippen molar-refractivity contribution in [2.75, 3.05) is 32.1 Å². The van der Waals surface area contributed by atoms with E-state index in [4.69, 9.17) is 16.9 Å².